The van der Waals surface area contributed by atoms with Crippen molar-refractivity contribution in [3.63, 3.8) is 0 Å². The fourth-order valence-electron chi connectivity index (χ4n) is 1.89. The first-order valence-corrected chi connectivity index (χ1v) is 6.93. The van der Waals surface area contributed by atoms with E-state index in [9.17, 15) is 0 Å². The molecule has 0 spiro atoms. The summed E-state index contributed by atoms with van der Waals surface area (Å²) in [7, 11) is 6.61. The molecular formula is C15H26IN3O3. The van der Waals surface area contributed by atoms with Gasteiger partial charge in [0.1, 0.15) is 17.2 Å². The van der Waals surface area contributed by atoms with Crippen LogP contribution in [-0.2, 0) is 6.54 Å². The number of ether oxygens (including phenoxy) is 3. The fourth-order valence-corrected chi connectivity index (χ4v) is 1.89. The quantitative estimate of drug-likeness (QED) is 0.401. The van der Waals surface area contributed by atoms with Gasteiger partial charge in [-0.05, 0) is 6.42 Å². The summed E-state index contributed by atoms with van der Waals surface area (Å²) in [6.07, 6.45) is 1.04. The van der Waals surface area contributed by atoms with Crippen LogP contribution in [-0.4, -0.2) is 40.9 Å². The molecule has 2 N–H and O–H groups in total. The first-order chi connectivity index (χ1) is 10.2. The maximum atomic E-state index is 5.42. The molecule has 22 heavy (non-hydrogen) atoms. The van der Waals surface area contributed by atoms with E-state index in [-0.39, 0.29) is 24.0 Å². The highest BCUT2D eigenvalue weighted by molar-refractivity contribution is 14.0. The maximum Gasteiger partial charge on any atom is 0.191 e. The molecule has 126 valence electrons. The van der Waals surface area contributed by atoms with Gasteiger partial charge in [0, 0.05) is 25.7 Å². The van der Waals surface area contributed by atoms with Gasteiger partial charge >= 0.3 is 0 Å². The van der Waals surface area contributed by atoms with E-state index in [1.54, 1.807) is 28.4 Å². The molecule has 0 aliphatic heterocycles. The van der Waals surface area contributed by atoms with Crippen molar-refractivity contribution < 1.29 is 14.2 Å². The number of hydrogen-bond donors (Lipinski definition) is 2. The Morgan fingerprint density at radius 3 is 2.05 bits per heavy atom. The van der Waals surface area contributed by atoms with Crippen molar-refractivity contribution in [1.29, 1.82) is 0 Å². The Morgan fingerprint density at radius 2 is 1.64 bits per heavy atom. The molecule has 0 heterocycles. The summed E-state index contributed by atoms with van der Waals surface area (Å²) in [6, 6.07) is 3.67. The number of methoxy groups -OCH3 is 3. The van der Waals surface area contributed by atoms with Gasteiger partial charge in [-0.3, -0.25) is 4.99 Å². The molecule has 1 aromatic carbocycles. The zero-order valence-corrected chi connectivity index (χ0v) is 16.2. The third-order valence-corrected chi connectivity index (χ3v) is 3.02. The van der Waals surface area contributed by atoms with Crippen LogP contribution in [0, 0.1) is 0 Å². The van der Waals surface area contributed by atoms with Gasteiger partial charge in [-0.15, -0.1) is 24.0 Å². The van der Waals surface area contributed by atoms with Crippen molar-refractivity contribution in [1.82, 2.24) is 10.6 Å². The predicted molar refractivity (Wildman–Crippen MR) is 100 cm³/mol. The molecule has 0 aliphatic rings. The summed E-state index contributed by atoms with van der Waals surface area (Å²) in [4.78, 5) is 4.17. The van der Waals surface area contributed by atoms with Crippen LogP contribution in [0.1, 0.15) is 18.9 Å². The fraction of sp³-hybridized carbons (Fsp3) is 0.533. The lowest BCUT2D eigenvalue weighted by Crippen LogP contribution is -2.37. The average molecular weight is 423 g/mol. The molecule has 7 heteroatoms. The van der Waals surface area contributed by atoms with Gasteiger partial charge < -0.3 is 24.8 Å². The van der Waals surface area contributed by atoms with Crippen LogP contribution >= 0.6 is 24.0 Å². The second-order valence-corrected chi connectivity index (χ2v) is 4.36. The number of halogens is 1. The molecule has 0 fully saturated rings. The number of guanidine groups is 1. The number of benzene rings is 1. The summed E-state index contributed by atoms with van der Waals surface area (Å²) in [5.74, 6) is 2.87. The van der Waals surface area contributed by atoms with Crippen LogP contribution in [0.25, 0.3) is 0 Å². The molecule has 0 atom stereocenters. The Kier molecular flexibility index (Phi) is 10.5. The molecule has 0 aliphatic carbocycles. The molecule has 0 saturated carbocycles. The normalized spacial score (nSPS) is 10.5. The van der Waals surface area contributed by atoms with Gasteiger partial charge in [-0.2, -0.15) is 0 Å². The minimum Gasteiger partial charge on any atom is -0.496 e. The topological polar surface area (TPSA) is 64.1 Å². The standard InChI is InChI=1S/C15H25N3O3.HI/c1-6-7-17-15(16-2)18-10-12-13(20-4)8-11(19-3)9-14(12)21-5;/h8-9H,6-7,10H2,1-5H3,(H2,16,17,18);1H. The van der Waals surface area contributed by atoms with Crippen molar-refractivity contribution in [2.24, 2.45) is 4.99 Å². The number of nitrogens with one attached hydrogen (secondary N) is 2. The van der Waals surface area contributed by atoms with E-state index in [1.165, 1.54) is 0 Å². The molecular weight excluding hydrogens is 397 g/mol. The maximum absolute atomic E-state index is 5.42. The van der Waals surface area contributed by atoms with Crippen molar-refractivity contribution in [2.75, 3.05) is 34.9 Å². The Bertz CT molecular complexity index is 456. The number of nitrogens with zero attached hydrogens (tertiary/aromatic N) is 1. The lowest BCUT2D eigenvalue weighted by Gasteiger charge is -2.17. The van der Waals surface area contributed by atoms with Crippen molar-refractivity contribution in [2.45, 2.75) is 19.9 Å². The monoisotopic (exact) mass is 423 g/mol. The molecule has 6 nitrogen and oxygen atoms in total. The van der Waals surface area contributed by atoms with E-state index in [2.05, 4.69) is 22.5 Å². The van der Waals surface area contributed by atoms with Crippen LogP contribution in [0.3, 0.4) is 0 Å². The molecule has 1 rings (SSSR count). The van der Waals surface area contributed by atoms with Crippen molar-refractivity contribution in [3.8, 4) is 17.2 Å². The summed E-state index contributed by atoms with van der Waals surface area (Å²) in [5.41, 5.74) is 0.917. The SMILES string of the molecule is CCCNC(=NC)NCc1c(OC)cc(OC)cc1OC.I. The lowest BCUT2D eigenvalue weighted by atomic mass is 10.1. The Morgan fingerprint density at radius 1 is 1.05 bits per heavy atom. The Hall–Kier alpha value is -1.38. The van der Waals surface area contributed by atoms with E-state index in [1.807, 2.05) is 12.1 Å². The smallest absolute Gasteiger partial charge is 0.191 e. The largest absolute Gasteiger partial charge is 0.496 e. The number of aliphatic imine (C=N–C) groups is 1. The second kappa shape index (κ2) is 11.2. The van der Waals surface area contributed by atoms with Gasteiger partial charge in [-0.1, -0.05) is 6.92 Å². The average Bonchev–Trinajstić information content (AvgIpc) is 2.54. The Balaban J connectivity index is 0.00000441. The summed E-state index contributed by atoms with van der Waals surface area (Å²) >= 11 is 0. The van der Waals surface area contributed by atoms with Crippen LogP contribution in [0.5, 0.6) is 17.2 Å². The molecule has 0 saturated heterocycles. The molecule has 0 bridgehead atoms. The summed E-state index contributed by atoms with van der Waals surface area (Å²) < 4.78 is 16.1. The van der Waals surface area contributed by atoms with E-state index in [0.717, 1.165) is 24.5 Å². The van der Waals surface area contributed by atoms with E-state index >= 15 is 0 Å². The zero-order valence-electron chi connectivity index (χ0n) is 13.9. The van der Waals surface area contributed by atoms with Gasteiger partial charge in [0.25, 0.3) is 0 Å². The first-order valence-electron chi connectivity index (χ1n) is 6.93. The van der Waals surface area contributed by atoms with Gasteiger partial charge in [0.2, 0.25) is 0 Å². The molecule has 0 aromatic heterocycles. The minimum atomic E-state index is 0. The highest BCUT2D eigenvalue weighted by Gasteiger charge is 2.13. The third-order valence-electron chi connectivity index (χ3n) is 3.02. The van der Waals surface area contributed by atoms with E-state index < -0.39 is 0 Å². The van der Waals surface area contributed by atoms with Crippen LogP contribution in [0.15, 0.2) is 17.1 Å². The van der Waals surface area contributed by atoms with E-state index in [4.69, 9.17) is 14.2 Å². The lowest BCUT2D eigenvalue weighted by molar-refractivity contribution is 0.368. The van der Waals surface area contributed by atoms with Crippen LogP contribution in [0.2, 0.25) is 0 Å². The van der Waals surface area contributed by atoms with E-state index in [0.29, 0.717) is 23.8 Å². The van der Waals surface area contributed by atoms with Crippen LogP contribution in [0.4, 0.5) is 0 Å². The summed E-state index contributed by atoms with van der Waals surface area (Å²) in [5, 5.41) is 6.46. The number of rotatable bonds is 7. The van der Waals surface area contributed by atoms with Gasteiger partial charge in [-0.25, -0.2) is 0 Å². The molecule has 0 amide bonds. The second-order valence-electron chi connectivity index (χ2n) is 4.36. The van der Waals surface area contributed by atoms with Gasteiger partial charge in [0.15, 0.2) is 5.96 Å². The van der Waals surface area contributed by atoms with Crippen molar-refractivity contribution in [3.05, 3.63) is 17.7 Å². The molecule has 0 unspecified atom stereocenters. The highest BCUT2D eigenvalue weighted by atomic mass is 127. The number of hydrogen-bond acceptors (Lipinski definition) is 4. The Labute approximate surface area is 149 Å². The third kappa shape index (κ3) is 5.78. The van der Waals surface area contributed by atoms with Gasteiger partial charge in [0.05, 0.1) is 33.4 Å². The van der Waals surface area contributed by atoms with Crippen LogP contribution < -0.4 is 24.8 Å². The minimum absolute atomic E-state index is 0. The molecule has 0 radical (unpaired) electrons. The zero-order chi connectivity index (χ0) is 15.7. The molecule has 1 aromatic rings. The predicted octanol–water partition coefficient (Wildman–Crippen LogP) is 2.41. The van der Waals surface area contributed by atoms with Crippen molar-refractivity contribution >= 4 is 29.9 Å². The summed E-state index contributed by atoms with van der Waals surface area (Å²) in [6.45, 7) is 3.52. The first kappa shape index (κ1) is 20.6. The highest BCUT2D eigenvalue weighted by Crippen LogP contribution is 2.33.